The molecule has 2 saturated heterocycles. The number of fused-ring (bicyclic) bond motifs is 1. The largest absolute Gasteiger partial charge is 0.504 e. The van der Waals surface area contributed by atoms with E-state index in [1.807, 2.05) is 18.2 Å². The SMILES string of the molecule is C(OCC1CO1)C1CO1.Oc1ccc2ccccc2c1O. The fourth-order valence-electron chi connectivity index (χ4n) is 1.90. The summed E-state index contributed by atoms with van der Waals surface area (Å²) in [6.45, 7) is 3.26. The van der Waals surface area contributed by atoms with E-state index in [9.17, 15) is 5.11 Å². The molecule has 2 unspecified atom stereocenters. The standard InChI is InChI=1S/C10H8O2.C6H10O3/c11-9-6-5-7-3-1-2-4-8(7)10(9)12;1(5-3-8-5)7-2-6-4-9-6/h1-6,11-12H;5-6H,1-4H2. The summed E-state index contributed by atoms with van der Waals surface area (Å²) in [6.07, 6.45) is 0.785. The summed E-state index contributed by atoms with van der Waals surface area (Å²) in [5, 5.41) is 20.2. The summed E-state index contributed by atoms with van der Waals surface area (Å²) in [7, 11) is 0. The zero-order valence-corrected chi connectivity index (χ0v) is 11.6. The molecule has 0 aliphatic carbocycles. The lowest BCUT2D eigenvalue weighted by Gasteiger charge is -2.01. The van der Waals surface area contributed by atoms with Crippen molar-refractivity contribution in [2.75, 3.05) is 26.4 Å². The second kappa shape index (κ2) is 6.30. The number of benzene rings is 2. The Morgan fingerprint density at radius 2 is 1.57 bits per heavy atom. The third kappa shape index (κ3) is 4.07. The maximum absolute atomic E-state index is 9.41. The van der Waals surface area contributed by atoms with Gasteiger partial charge in [-0.1, -0.05) is 30.3 Å². The number of phenolic OH excluding ortho intramolecular Hbond substituents is 2. The minimum absolute atomic E-state index is 0.0481. The van der Waals surface area contributed by atoms with Crippen molar-refractivity contribution < 1.29 is 24.4 Å². The minimum Gasteiger partial charge on any atom is -0.504 e. The predicted octanol–water partition coefficient (Wildman–Crippen LogP) is 2.05. The van der Waals surface area contributed by atoms with Gasteiger partial charge in [0.25, 0.3) is 0 Å². The van der Waals surface area contributed by atoms with Crippen molar-refractivity contribution in [2.45, 2.75) is 12.2 Å². The van der Waals surface area contributed by atoms with Crippen LogP contribution in [0.25, 0.3) is 10.8 Å². The Morgan fingerprint density at radius 3 is 2.19 bits per heavy atom. The zero-order chi connectivity index (χ0) is 14.7. The number of rotatable bonds is 4. The highest BCUT2D eigenvalue weighted by atomic mass is 16.6. The second-order valence-electron chi connectivity index (χ2n) is 5.10. The van der Waals surface area contributed by atoms with Crippen LogP contribution >= 0.6 is 0 Å². The number of aromatic hydroxyl groups is 2. The number of hydrogen-bond donors (Lipinski definition) is 2. The quantitative estimate of drug-likeness (QED) is 0.666. The van der Waals surface area contributed by atoms with Crippen molar-refractivity contribution in [3.63, 3.8) is 0 Å². The maximum Gasteiger partial charge on any atom is 0.165 e. The average Bonchev–Trinajstić information content (AvgIpc) is 3.39. The summed E-state index contributed by atoms with van der Waals surface area (Å²) < 4.78 is 15.1. The molecule has 112 valence electrons. The summed E-state index contributed by atoms with van der Waals surface area (Å²) >= 11 is 0. The van der Waals surface area contributed by atoms with Crippen LogP contribution in [0.3, 0.4) is 0 Å². The van der Waals surface area contributed by atoms with Crippen LogP contribution in [0.5, 0.6) is 11.5 Å². The van der Waals surface area contributed by atoms with E-state index in [0.717, 1.165) is 31.8 Å². The Morgan fingerprint density at radius 1 is 0.952 bits per heavy atom. The van der Waals surface area contributed by atoms with Crippen LogP contribution in [0.1, 0.15) is 0 Å². The van der Waals surface area contributed by atoms with Gasteiger partial charge in [-0.25, -0.2) is 0 Å². The molecule has 0 radical (unpaired) electrons. The molecule has 2 fully saturated rings. The van der Waals surface area contributed by atoms with Gasteiger partial charge in [0.1, 0.15) is 12.2 Å². The lowest BCUT2D eigenvalue weighted by molar-refractivity contribution is 0.102. The van der Waals surface area contributed by atoms with Gasteiger partial charge in [0.2, 0.25) is 0 Å². The Bertz CT molecular complexity index is 593. The first kappa shape index (κ1) is 14.1. The Hall–Kier alpha value is -1.82. The van der Waals surface area contributed by atoms with Crippen LogP contribution in [-0.2, 0) is 14.2 Å². The zero-order valence-electron chi connectivity index (χ0n) is 11.6. The maximum atomic E-state index is 9.41. The van der Waals surface area contributed by atoms with Crippen molar-refractivity contribution in [3.05, 3.63) is 36.4 Å². The molecule has 0 aromatic heterocycles. The van der Waals surface area contributed by atoms with Crippen LogP contribution in [0.4, 0.5) is 0 Å². The molecule has 2 heterocycles. The van der Waals surface area contributed by atoms with Crippen LogP contribution < -0.4 is 0 Å². The van der Waals surface area contributed by atoms with Gasteiger partial charge in [-0.15, -0.1) is 0 Å². The van der Waals surface area contributed by atoms with Gasteiger partial charge in [-0.05, 0) is 11.5 Å². The lowest BCUT2D eigenvalue weighted by atomic mass is 10.1. The molecular formula is C16H18O5. The summed E-state index contributed by atoms with van der Waals surface area (Å²) in [4.78, 5) is 0. The summed E-state index contributed by atoms with van der Waals surface area (Å²) in [6, 6.07) is 10.6. The van der Waals surface area contributed by atoms with Gasteiger partial charge in [-0.2, -0.15) is 0 Å². The lowest BCUT2D eigenvalue weighted by Crippen LogP contribution is -2.06. The van der Waals surface area contributed by atoms with Crippen LogP contribution in [0.15, 0.2) is 36.4 Å². The molecule has 2 aromatic carbocycles. The first-order chi connectivity index (χ1) is 10.2. The highest BCUT2D eigenvalue weighted by molar-refractivity contribution is 5.90. The van der Waals surface area contributed by atoms with E-state index >= 15 is 0 Å². The van der Waals surface area contributed by atoms with Crippen molar-refractivity contribution in [1.82, 2.24) is 0 Å². The van der Waals surface area contributed by atoms with Crippen molar-refractivity contribution in [1.29, 1.82) is 0 Å². The molecule has 4 rings (SSSR count). The van der Waals surface area contributed by atoms with Crippen LogP contribution in [-0.4, -0.2) is 48.8 Å². The van der Waals surface area contributed by atoms with Crippen LogP contribution in [0, 0.1) is 0 Å². The van der Waals surface area contributed by atoms with E-state index in [0.29, 0.717) is 17.6 Å². The highest BCUT2D eigenvalue weighted by Crippen LogP contribution is 2.32. The minimum atomic E-state index is -0.0753. The summed E-state index contributed by atoms with van der Waals surface area (Å²) in [5.41, 5.74) is 0. The molecule has 0 saturated carbocycles. The molecule has 21 heavy (non-hydrogen) atoms. The fourth-order valence-corrected chi connectivity index (χ4v) is 1.90. The molecule has 2 aromatic rings. The molecule has 2 aliphatic rings. The number of ether oxygens (including phenoxy) is 3. The van der Waals surface area contributed by atoms with E-state index in [1.165, 1.54) is 6.07 Å². The monoisotopic (exact) mass is 290 g/mol. The van der Waals surface area contributed by atoms with Gasteiger partial charge in [0.15, 0.2) is 11.5 Å². The fraction of sp³-hybridized carbons (Fsp3) is 0.375. The molecule has 2 N–H and O–H groups in total. The first-order valence-corrected chi connectivity index (χ1v) is 6.94. The van der Waals surface area contributed by atoms with Crippen molar-refractivity contribution in [2.24, 2.45) is 0 Å². The molecule has 0 spiro atoms. The van der Waals surface area contributed by atoms with Gasteiger partial charge < -0.3 is 24.4 Å². The van der Waals surface area contributed by atoms with E-state index < -0.39 is 0 Å². The van der Waals surface area contributed by atoms with Crippen LogP contribution in [0.2, 0.25) is 0 Å². The Labute approximate surface area is 122 Å². The number of epoxide rings is 2. The average molecular weight is 290 g/mol. The molecule has 2 aliphatic heterocycles. The van der Waals surface area contributed by atoms with Gasteiger partial charge in [0.05, 0.1) is 26.4 Å². The summed E-state index contributed by atoms with van der Waals surface area (Å²) in [5.74, 6) is -0.123. The molecule has 0 bridgehead atoms. The Kier molecular flexibility index (Phi) is 4.24. The highest BCUT2D eigenvalue weighted by Gasteiger charge is 2.26. The van der Waals surface area contributed by atoms with E-state index in [4.69, 9.17) is 19.3 Å². The third-order valence-corrected chi connectivity index (χ3v) is 3.29. The molecule has 2 atom stereocenters. The van der Waals surface area contributed by atoms with Gasteiger partial charge in [0, 0.05) is 5.39 Å². The number of hydrogen-bond acceptors (Lipinski definition) is 5. The normalized spacial score (nSPS) is 22.5. The smallest absolute Gasteiger partial charge is 0.165 e. The number of phenols is 2. The van der Waals surface area contributed by atoms with E-state index in [-0.39, 0.29) is 11.5 Å². The van der Waals surface area contributed by atoms with Crippen molar-refractivity contribution >= 4 is 10.8 Å². The Balaban J connectivity index is 0.000000131. The second-order valence-corrected chi connectivity index (χ2v) is 5.10. The molecular weight excluding hydrogens is 272 g/mol. The van der Waals surface area contributed by atoms with Gasteiger partial charge >= 0.3 is 0 Å². The molecule has 5 heteroatoms. The topological polar surface area (TPSA) is 74.8 Å². The van der Waals surface area contributed by atoms with E-state index in [1.54, 1.807) is 12.1 Å². The third-order valence-electron chi connectivity index (χ3n) is 3.29. The van der Waals surface area contributed by atoms with E-state index in [2.05, 4.69) is 0 Å². The van der Waals surface area contributed by atoms with Crippen molar-refractivity contribution in [3.8, 4) is 11.5 Å². The van der Waals surface area contributed by atoms with Gasteiger partial charge in [-0.3, -0.25) is 0 Å². The first-order valence-electron chi connectivity index (χ1n) is 6.94. The molecule has 5 nitrogen and oxygen atoms in total. The molecule has 0 amide bonds. The predicted molar refractivity (Wildman–Crippen MR) is 77.6 cm³/mol.